The van der Waals surface area contributed by atoms with E-state index in [1.165, 1.54) is 25.1 Å². The van der Waals surface area contributed by atoms with Crippen LogP contribution in [0, 0.1) is 5.82 Å². The maximum atomic E-state index is 12.7. The van der Waals surface area contributed by atoms with Crippen molar-refractivity contribution < 1.29 is 14.3 Å². The third-order valence-corrected chi connectivity index (χ3v) is 1.71. The van der Waals surface area contributed by atoms with Gasteiger partial charge in [0.1, 0.15) is 11.6 Å². The van der Waals surface area contributed by atoms with Gasteiger partial charge in [0.25, 0.3) is 0 Å². The molecule has 1 N–H and O–H groups in total. The molecule has 0 fully saturated rings. The van der Waals surface area contributed by atoms with Crippen molar-refractivity contribution in [2.24, 2.45) is 0 Å². The first-order valence-electron chi connectivity index (χ1n) is 4.02. The zero-order valence-corrected chi connectivity index (χ0v) is 7.33. The summed E-state index contributed by atoms with van der Waals surface area (Å²) in [5, 5.41) is 9.43. The van der Waals surface area contributed by atoms with Crippen molar-refractivity contribution in [2.75, 3.05) is 0 Å². The molecule has 70 valence electrons. The van der Waals surface area contributed by atoms with Crippen LogP contribution in [0.5, 0.6) is 0 Å². The van der Waals surface area contributed by atoms with Crippen molar-refractivity contribution in [1.29, 1.82) is 0 Å². The van der Waals surface area contributed by atoms with E-state index in [2.05, 4.69) is 0 Å². The van der Waals surface area contributed by atoms with Crippen LogP contribution < -0.4 is 0 Å². The van der Waals surface area contributed by atoms with Crippen LogP contribution in [0.2, 0.25) is 0 Å². The number of ketones is 1. The molecule has 0 radical (unpaired) electrons. The summed E-state index contributed by atoms with van der Waals surface area (Å²) in [5.41, 5.74) is 0.440. The summed E-state index contributed by atoms with van der Waals surface area (Å²) in [7, 11) is 0. The van der Waals surface area contributed by atoms with Gasteiger partial charge in [0, 0.05) is 6.42 Å². The Morgan fingerprint density at radius 3 is 2.85 bits per heavy atom. The second kappa shape index (κ2) is 4.14. The van der Waals surface area contributed by atoms with Gasteiger partial charge in [-0.2, -0.15) is 0 Å². The minimum atomic E-state index is -0.895. The van der Waals surface area contributed by atoms with E-state index in [9.17, 15) is 14.3 Å². The number of hydrogen-bond donors (Lipinski definition) is 1. The Hall–Kier alpha value is -1.22. The molecule has 1 aromatic rings. The molecule has 0 heterocycles. The number of hydrogen-bond acceptors (Lipinski definition) is 2. The van der Waals surface area contributed by atoms with E-state index >= 15 is 0 Å². The number of rotatable bonds is 3. The Morgan fingerprint density at radius 1 is 1.62 bits per heavy atom. The largest absolute Gasteiger partial charge is 0.388 e. The molecule has 0 saturated carbocycles. The van der Waals surface area contributed by atoms with Gasteiger partial charge in [-0.3, -0.25) is 4.79 Å². The number of carbonyl (C=O) groups excluding carboxylic acids is 1. The van der Waals surface area contributed by atoms with Gasteiger partial charge < -0.3 is 5.11 Å². The SMILES string of the molecule is CC(=O)C[C@@H](O)c1cccc(F)c1. The molecule has 0 aliphatic heterocycles. The third-order valence-electron chi connectivity index (χ3n) is 1.71. The topological polar surface area (TPSA) is 37.3 Å². The molecule has 1 rings (SSSR count). The summed E-state index contributed by atoms with van der Waals surface area (Å²) in [6.45, 7) is 1.39. The Labute approximate surface area is 76.0 Å². The predicted molar refractivity (Wildman–Crippen MR) is 46.7 cm³/mol. The summed E-state index contributed by atoms with van der Waals surface area (Å²) < 4.78 is 12.7. The van der Waals surface area contributed by atoms with Crippen LogP contribution in [0.3, 0.4) is 0 Å². The monoisotopic (exact) mass is 182 g/mol. The number of halogens is 1. The highest BCUT2D eigenvalue weighted by atomic mass is 19.1. The fourth-order valence-electron chi connectivity index (χ4n) is 1.10. The van der Waals surface area contributed by atoms with Crippen LogP contribution in [-0.2, 0) is 4.79 Å². The maximum absolute atomic E-state index is 12.7. The van der Waals surface area contributed by atoms with Gasteiger partial charge in [-0.1, -0.05) is 12.1 Å². The van der Waals surface area contributed by atoms with Crippen LogP contribution in [0.25, 0.3) is 0 Å². The summed E-state index contributed by atoms with van der Waals surface area (Å²) in [4.78, 5) is 10.7. The highest BCUT2D eigenvalue weighted by molar-refractivity contribution is 5.76. The second-order valence-electron chi connectivity index (χ2n) is 2.98. The Morgan fingerprint density at radius 2 is 2.31 bits per heavy atom. The molecule has 0 spiro atoms. The van der Waals surface area contributed by atoms with E-state index in [-0.39, 0.29) is 12.2 Å². The predicted octanol–water partition coefficient (Wildman–Crippen LogP) is 1.84. The molecule has 0 unspecified atom stereocenters. The van der Waals surface area contributed by atoms with E-state index in [1.807, 2.05) is 0 Å². The quantitative estimate of drug-likeness (QED) is 0.774. The molecular weight excluding hydrogens is 171 g/mol. The van der Waals surface area contributed by atoms with Crippen LogP contribution >= 0.6 is 0 Å². The lowest BCUT2D eigenvalue weighted by Gasteiger charge is -2.08. The van der Waals surface area contributed by atoms with Crippen LogP contribution in [0.1, 0.15) is 25.0 Å². The van der Waals surface area contributed by atoms with E-state index in [0.717, 1.165) is 0 Å². The molecule has 13 heavy (non-hydrogen) atoms. The van der Waals surface area contributed by atoms with Gasteiger partial charge in [0.15, 0.2) is 0 Å². The van der Waals surface area contributed by atoms with Crippen LogP contribution in [0.15, 0.2) is 24.3 Å². The van der Waals surface area contributed by atoms with Crippen LogP contribution in [-0.4, -0.2) is 10.9 Å². The molecular formula is C10H11FO2. The second-order valence-corrected chi connectivity index (χ2v) is 2.98. The first kappa shape index (κ1) is 9.86. The lowest BCUT2D eigenvalue weighted by molar-refractivity contribution is -0.118. The van der Waals surface area contributed by atoms with Gasteiger partial charge in [-0.05, 0) is 24.6 Å². The molecule has 3 heteroatoms. The molecule has 1 atom stereocenters. The molecule has 1 aromatic carbocycles. The van der Waals surface area contributed by atoms with Crippen molar-refractivity contribution in [1.82, 2.24) is 0 Å². The van der Waals surface area contributed by atoms with E-state index in [1.54, 1.807) is 6.07 Å². The van der Waals surface area contributed by atoms with E-state index in [0.29, 0.717) is 5.56 Å². The Balaban J connectivity index is 2.76. The molecule has 0 aromatic heterocycles. The van der Waals surface area contributed by atoms with Crippen molar-refractivity contribution >= 4 is 5.78 Å². The minimum absolute atomic E-state index is 0.0312. The Bertz CT molecular complexity index is 310. The van der Waals surface area contributed by atoms with Crippen molar-refractivity contribution in [3.05, 3.63) is 35.6 Å². The first-order chi connectivity index (χ1) is 6.09. The summed E-state index contributed by atoms with van der Waals surface area (Å²) in [6.07, 6.45) is -0.864. The molecule has 2 nitrogen and oxygen atoms in total. The standard InChI is InChI=1S/C10H11FO2/c1-7(12)5-10(13)8-3-2-4-9(11)6-8/h2-4,6,10,13H,5H2,1H3/t10-/m1/s1. The summed E-state index contributed by atoms with van der Waals surface area (Å²) in [6, 6.07) is 5.63. The van der Waals surface area contributed by atoms with E-state index in [4.69, 9.17) is 0 Å². The van der Waals surface area contributed by atoms with Crippen molar-refractivity contribution in [3.63, 3.8) is 0 Å². The van der Waals surface area contributed by atoms with Crippen molar-refractivity contribution in [2.45, 2.75) is 19.4 Å². The van der Waals surface area contributed by atoms with Crippen LogP contribution in [0.4, 0.5) is 4.39 Å². The fraction of sp³-hybridized carbons (Fsp3) is 0.300. The summed E-state index contributed by atoms with van der Waals surface area (Å²) >= 11 is 0. The maximum Gasteiger partial charge on any atom is 0.132 e. The highest BCUT2D eigenvalue weighted by Crippen LogP contribution is 2.17. The zero-order valence-electron chi connectivity index (χ0n) is 7.33. The minimum Gasteiger partial charge on any atom is -0.388 e. The van der Waals surface area contributed by atoms with E-state index < -0.39 is 11.9 Å². The smallest absolute Gasteiger partial charge is 0.132 e. The lowest BCUT2D eigenvalue weighted by atomic mass is 10.1. The number of aliphatic hydroxyl groups excluding tert-OH is 1. The molecule has 0 aliphatic carbocycles. The average molecular weight is 182 g/mol. The average Bonchev–Trinajstić information content (AvgIpc) is 2.03. The van der Waals surface area contributed by atoms with Gasteiger partial charge >= 0.3 is 0 Å². The normalized spacial score (nSPS) is 12.5. The molecule has 0 saturated heterocycles. The number of Topliss-reactive ketones (excluding diaryl/α,β-unsaturated/α-hetero) is 1. The van der Waals surface area contributed by atoms with Gasteiger partial charge in [0.2, 0.25) is 0 Å². The third kappa shape index (κ3) is 2.95. The van der Waals surface area contributed by atoms with Gasteiger partial charge in [-0.15, -0.1) is 0 Å². The van der Waals surface area contributed by atoms with Gasteiger partial charge in [-0.25, -0.2) is 4.39 Å². The first-order valence-corrected chi connectivity index (χ1v) is 4.02. The molecule has 0 aliphatic rings. The fourth-order valence-corrected chi connectivity index (χ4v) is 1.10. The lowest BCUT2D eigenvalue weighted by Crippen LogP contribution is -2.03. The van der Waals surface area contributed by atoms with Gasteiger partial charge in [0.05, 0.1) is 6.10 Å². The molecule has 0 amide bonds. The Kier molecular flexibility index (Phi) is 3.14. The molecule has 0 bridgehead atoms. The number of benzene rings is 1. The highest BCUT2D eigenvalue weighted by Gasteiger charge is 2.09. The zero-order chi connectivity index (χ0) is 9.84. The number of carbonyl (C=O) groups is 1. The van der Waals surface area contributed by atoms with Crippen molar-refractivity contribution in [3.8, 4) is 0 Å². The summed E-state index contributed by atoms with van der Waals surface area (Å²) in [5.74, 6) is -0.517. The number of aliphatic hydroxyl groups is 1.